The van der Waals surface area contributed by atoms with Crippen molar-refractivity contribution >= 4 is 5.91 Å². The number of nitrogens with one attached hydrogen (secondary N) is 2. The van der Waals surface area contributed by atoms with E-state index in [9.17, 15) is 4.79 Å². The molecule has 1 fully saturated rings. The van der Waals surface area contributed by atoms with Gasteiger partial charge in [-0.25, -0.2) is 9.67 Å². The molecule has 3 rings (SSSR count). The third-order valence-electron chi connectivity index (χ3n) is 4.46. The fourth-order valence-corrected chi connectivity index (χ4v) is 3.11. The van der Waals surface area contributed by atoms with Crippen molar-refractivity contribution < 1.29 is 4.79 Å². The van der Waals surface area contributed by atoms with Crippen LogP contribution in [-0.2, 0) is 13.1 Å². The largest absolute Gasteiger partial charge is 0.349 e. The molecule has 1 aliphatic heterocycles. The summed E-state index contributed by atoms with van der Waals surface area (Å²) in [5, 5.41) is 18.7. The Morgan fingerprint density at radius 1 is 1.36 bits per heavy atom. The first-order chi connectivity index (χ1) is 12.1. The number of aryl methyl sites for hydroxylation is 3. The van der Waals surface area contributed by atoms with Crippen LogP contribution in [0.3, 0.4) is 0 Å². The monoisotopic (exact) mass is 346 g/mol. The number of rotatable bonds is 7. The van der Waals surface area contributed by atoms with E-state index in [-0.39, 0.29) is 5.91 Å². The van der Waals surface area contributed by atoms with Crippen molar-refractivity contribution in [3.8, 4) is 0 Å². The summed E-state index contributed by atoms with van der Waals surface area (Å²) in [6.07, 6.45) is 6.48. The van der Waals surface area contributed by atoms with Gasteiger partial charge in [0.2, 0.25) is 0 Å². The summed E-state index contributed by atoms with van der Waals surface area (Å²) in [4.78, 5) is 16.4. The molecule has 1 saturated heterocycles. The Hall–Kier alpha value is -2.29. The zero-order valence-corrected chi connectivity index (χ0v) is 14.9. The summed E-state index contributed by atoms with van der Waals surface area (Å²) in [5.74, 6) is 1.37. The van der Waals surface area contributed by atoms with E-state index in [1.54, 1.807) is 15.6 Å². The molecule has 2 aromatic heterocycles. The van der Waals surface area contributed by atoms with E-state index in [0.29, 0.717) is 24.8 Å². The molecule has 2 aromatic rings. The Morgan fingerprint density at radius 2 is 2.24 bits per heavy atom. The van der Waals surface area contributed by atoms with Crippen LogP contribution in [0.5, 0.6) is 0 Å². The first-order valence-electron chi connectivity index (χ1n) is 8.91. The maximum atomic E-state index is 12.2. The van der Waals surface area contributed by atoms with Gasteiger partial charge in [0, 0.05) is 19.1 Å². The number of piperidine rings is 1. The number of carbonyl (C=O) groups is 1. The molecule has 2 N–H and O–H groups in total. The van der Waals surface area contributed by atoms with Gasteiger partial charge >= 0.3 is 0 Å². The Kier molecular flexibility index (Phi) is 5.75. The molecule has 1 amide bonds. The molecule has 0 unspecified atom stereocenters. The van der Waals surface area contributed by atoms with E-state index < -0.39 is 0 Å². The third kappa shape index (κ3) is 4.85. The highest BCUT2D eigenvalue weighted by Gasteiger charge is 2.14. The topological polar surface area (TPSA) is 103 Å². The van der Waals surface area contributed by atoms with Crippen LogP contribution in [0.4, 0.5) is 0 Å². The average molecular weight is 346 g/mol. The lowest BCUT2D eigenvalue weighted by Crippen LogP contribution is -2.34. The van der Waals surface area contributed by atoms with Gasteiger partial charge in [0.1, 0.15) is 11.6 Å². The fraction of sp³-hybridized carbons (Fsp3) is 0.688. The van der Waals surface area contributed by atoms with Crippen molar-refractivity contribution in [3.63, 3.8) is 0 Å². The first kappa shape index (κ1) is 17.5. The van der Waals surface area contributed by atoms with Gasteiger partial charge in [-0.05, 0) is 39.7 Å². The Morgan fingerprint density at radius 3 is 2.96 bits per heavy atom. The minimum Gasteiger partial charge on any atom is -0.349 e. The lowest BCUT2D eigenvalue weighted by molar-refractivity contribution is 0.0946. The van der Waals surface area contributed by atoms with Crippen molar-refractivity contribution in [1.29, 1.82) is 0 Å². The quantitative estimate of drug-likeness (QED) is 0.754. The van der Waals surface area contributed by atoms with Crippen LogP contribution in [-0.4, -0.2) is 54.8 Å². The molecule has 136 valence electrons. The van der Waals surface area contributed by atoms with E-state index in [1.165, 1.54) is 19.3 Å². The van der Waals surface area contributed by atoms with Crippen molar-refractivity contribution in [2.24, 2.45) is 0 Å². The van der Waals surface area contributed by atoms with Gasteiger partial charge in [-0.2, -0.15) is 5.10 Å². The number of aromatic nitrogens is 6. The van der Waals surface area contributed by atoms with Crippen LogP contribution < -0.4 is 10.6 Å². The number of amides is 1. The van der Waals surface area contributed by atoms with E-state index in [4.69, 9.17) is 0 Å². The molecular weight excluding hydrogens is 320 g/mol. The Balaban J connectivity index is 1.43. The molecule has 25 heavy (non-hydrogen) atoms. The molecule has 9 heteroatoms. The standard InChI is InChI=1S/C16H26N8O/c1-12-19-13(2)24(21-12)10-8-18-16(25)15-11-23(22-20-15)9-6-14-5-3-4-7-17-14/h11,14,17H,3-10H2,1-2H3,(H,18,25)/t14-/m0/s1. The van der Waals surface area contributed by atoms with Gasteiger partial charge < -0.3 is 10.6 Å². The Labute approximate surface area is 147 Å². The summed E-state index contributed by atoms with van der Waals surface area (Å²) in [7, 11) is 0. The zero-order chi connectivity index (χ0) is 17.6. The van der Waals surface area contributed by atoms with Crippen LogP contribution in [0.15, 0.2) is 6.20 Å². The zero-order valence-electron chi connectivity index (χ0n) is 14.9. The van der Waals surface area contributed by atoms with Crippen LogP contribution in [0.2, 0.25) is 0 Å². The first-order valence-corrected chi connectivity index (χ1v) is 8.91. The van der Waals surface area contributed by atoms with Crippen LogP contribution in [0.1, 0.15) is 47.8 Å². The summed E-state index contributed by atoms with van der Waals surface area (Å²) >= 11 is 0. The van der Waals surface area contributed by atoms with Gasteiger partial charge in [-0.1, -0.05) is 11.6 Å². The number of hydrogen-bond acceptors (Lipinski definition) is 6. The lowest BCUT2D eigenvalue weighted by atomic mass is 10.0. The number of hydrogen-bond donors (Lipinski definition) is 2. The third-order valence-corrected chi connectivity index (χ3v) is 4.46. The Bertz CT molecular complexity index is 701. The fourth-order valence-electron chi connectivity index (χ4n) is 3.11. The minimum absolute atomic E-state index is 0.212. The number of carbonyl (C=O) groups excluding carboxylic acids is 1. The highest BCUT2D eigenvalue weighted by molar-refractivity contribution is 5.91. The van der Waals surface area contributed by atoms with Gasteiger partial charge in [0.15, 0.2) is 5.69 Å². The second kappa shape index (κ2) is 8.19. The summed E-state index contributed by atoms with van der Waals surface area (Å²) in [6.45, 7) is 6.68. The van der Waals surface area contributed by atoms with Crippen LogP contribution in [0.25, 0.3) is 0 Å². The molecule has 0 saturated carbocycles. The van der Waals surface area contributed by atoms with Crippen molar-refractivity contribution in [2.75, 3.05) is 13.1 Å². The molecule has 9 nitrogen and oxygen atoms in total. The van der Waals surface area contributed by atoms with Crippen molar-refractivity contribution in [1.82, 2.24) is 40.4 Å². The highest BCUT2D eigenvalue weighted by atomic mass is 16.2. The maximum Gasteiger partial charge on any atom is 0.273 e. The van der Waals surface area contributed by atoms with E-state index >= 15 is 0 Å². The summed E-state index contributed by atoms with van der Waals surface area (Å²) < 4.78 is 3.53. The second-order valence-corrected chi connectivity index (χ2v) is 6.49. The molecule has 0 radical (unpaired) electrons. The van der Waals surface area contributed by atoms with Crippen LogP contribution in [0, 0.1) is 13.8 Å². The van der Waals surface area contributed by atoms with E-state index in [2.05, 4.69) is 31.0 Å². The smallest absolute Gasteiger partial charge is 0.273 e. The lowest BCUT2D eigenvalue weighted by Gasteiger charge is -2.23. The predicted octanol–water partition coefficient (Wildman–Crippen LogP) is 0.449. The van der Waals surface area contributed by atoms with Gasteiger partial charge in [-0.3, -0.25) is 9.48 Å². The molecule has 0 aliphatic carbocycles. The predicted molar refractivity (Wildman–Crippen MR) is 92.1 cm³/mol. The van der Waals surface area contributed by atoms with Gasteiger partial charge in [0.25, 0.3) is 5.91 Å². The SMILES string of the molecule is Cc1nc(C)n(CCNC(=O)c2cn(CC[C@@H]3CCCCN3)nn2)n1. The molecule has 1 aliphatic rings. The summed E-state index contributed by atoms with van der Waals surface area (Å²) in [5.41, 5.74) is 0.350. The van der Waals surface area contributed by atoms with Crippen LogP contribution >= 0.6 is 0 Å². The highest BCUT2D eigenvalue weighted by Crippen LogP contribution is 2.10. The average Bonchev–Trinajstić information content (AvgIpc) is 3.20. The van der Waals surface area contributed by atoms with E-state index in [0.717, 1.165) is 31.2 Å². The minimum atomic E-state index is -0.212. The summed E-state index contributed by atoms with van der Waals surface area (Å²) in [6, 6.07) is 0.546. The molecule has 3 heterocycles. The molecule has 0 aromatic carbocycles. The molecule has 1 atom stereocenters. The molecule has 0 bridgehead atoms. The molecule has 0 spiro atoms. The van der Waals surface area contributed by atoms with Gasteiger partial charge in [0.05, 0.1) is 12.7 Å². The second-order valence-electron chi connectivity index (χ2n) is 6.49. The van der Waals surface area contributed by atoms with Crippen molar-refractivity contribution in [3.05, 3.63) is 23.5 Å². The van der Waals surface area contributed by atoms with E-state index in [1.807, 2.05) is 13.8 Å². The number of nitrogens with zero attached hydrogens (tertiary/aromatic N) is 6. The molecular formula is C16H26N8O. The van der Waals surface area contributed by atoms with Crippen molar-refractivity contribution in [2.45, 2.75) is 58.7 Å². The maximum absolute atomic E-state index is 12.2. The normalized spacial score (nSPS) is 17.6. The van der Waals surface area contributed by atoms with Gasteiger partial charge in [-0.15, -0.1) is 5.10 Å².